The Kier molecular flexibility index (Phi) is 5.63. The summed E-state index contributed by atoms with van der Waals surface area (Å²) >= 11 is 4.05. The van der Waals surface area contributed by atoms with Crippen LogP contribution in [0.4, 0.5) is 0 Å². The largest absolute Gasteiger partial charge is 0.464 e. The minimum Gasteiger partial charge on any atom is -0.464 e. The Labute approximate surface area is 159 Å². The van der Waals surface area contributed by atoms with Crippen LogP contribution in [-0.4, -0.2) is 18.3 Å². The number of fused-ring (bicyclic) bond motifs is 3. The quantitative estimate of drug-likeness (QED) is 0.395. The maximum atomic E-state index is 11.7. The van der Waals surface area contributed by atoms with E-state index < -0.39 is 0 Å². The van der Waals surface area contributed by atoms with Crippen LogP contribution in [0, 0.1) is 34.5 Å². The Balaban J connectivity index is 1.81. The summed E-state index contributed by atoms with van der Waals surface area (Å²) in [5, 5.41) is 0. The number of thiol groups is 1. The van der Waals surface area contributed by atoms with Gasteiger partial charge in [-0.3, -0.25) is 4.79 Å². The van der Waals surface area contributed by atoms with Gasteiger partial charge >= 0.3 is 5.97 Å². The molecule has 0 aromatic rings. The molecule has 0 spiro atoms. The van der Waals surface area contributed by atoms with E-state index in [4.69, 9.17) is 4.74 Å². The molecule has 0 heterocycles. The standard InChI is InChI=1S/C22H36O2S/c1-15(2)16-6-8-18-17(12-16)7-9-19-21(3,14-24-20(23)13-25)10-5-11-22(18,19)4/h7,15-16,18-19,25H,5-6,8-14H2,1-4H3/t16?,18-,19?,21-,22-/m1/s1. The molecule has 2 nitrogen and oxygen atoms in total. The van der Waals surface area contributed by atoms with E-state index in [2.05, 4.69) is 46.4 Å². The van der Waals surface area contributed by atoms with Crippen molar-refractivity contribution in [3.05, 3.63) is 11.6 Å². The lowest BCUT2D eigenvalue weighted by molar-refractivity contribution is -0.151. The summed E-state index contributed by atoms with van der Waals surface area (Å²) in [6.07, 6.45) is 11.6. The van der Waals surface area contributed by atoms with Gasteiger partial charge in [0.25, 0.3) is 0 Å². The van der Waals surface area contributed by atoms with Crippen LogP contribution in [0.25, 0.3) is 0 Å². The average Bonchev–Trinajstić information content (AvgIpc) is 2.59. The molecule has 0 aliphatic heterocycles. The van der Waals surface area contributed by atoms with Crippen molar-refractivity contribution in [3.8, 4) is 0 Å². The Morgan fingerprint density at radius 1 is 1.32 bits per heavy atom. The first-order valence-corrected chi connectivity index (χ1v) is 10.9. The van der Waals surface area contributed by atoms with Crippen molar-refractivity contribution in [2.24, 2.45) is 34.5 Å². The van der Waals surface area contributed by atoms with Crippen LogP contribution < -0.4 is 0 Å². The number of allylic oxidation sites excluding steroid dienone is 2. The molecule has 25 heavy (non-hydrogen) atoms. The summed E-state index contributed by atoms with van der Waals surface area (Å²) in [4.78, 5) is 11.7. The molecule has 3 aliphatic rings. The number of rotatable bonds is 4. The Morgan fingerprint density at radius 3 is 2.76 bits per heavy atom. The van der Waals surface area contributed by atoms with E-state index >= 15 is 0 Å². The smallest absolute Gasteiger partial charge is 0.315 e. The van der Waals surface area contributed by atoms with Gasteiger partial charge in [-0.25, -0.2) is 0 Å². The fourth-order valence-corrected chi connectivity index (χ4v) is 6.47. The van der Waals surface area contributed by atoms with Gasteiger partial charge in [0.1, 0.15) is 0 Å². The highest BCUT2D eigenvalue weighted by molar-refractivity contribution is 7.81. The molecule has 0 N–H and O–H groups in total. The molecule has 0 bridgehead atoms. The summed E-state index contributed by atoms with van der Waals surface area (Å²) in [5.41, 5.74) is 2.25. The first kappa shape index (κ1) is 19.3. The second kappa shape index (κ2) is 7.29. The molecule has 3 aliphatic carbocycles. The Morgan fingerprint density at radius 2 is 2.08 bits per heavy atom. The van der Waals surface area contributed by atoms with Gasteiger partial charge in [0.2, 0.25) is 0 Å². The van der Waals surface area contributed by atoms with Gasteiger partial charge in [-0.1, -0.05) is 45.8 Å². The highest BCUT2D eigenvalue weighted by atomic mass is 32.1. The van der Waals surface area contributed by atoms with Crippen molar-refractivity contribution in [3.63, 3.8) is 0 Å². The lowest BCUT2D eigenvalue weighted by Crippen LogP contribution is -2.52. The van der Waals surface area contributed by atoms with Crippen molar-refractivity contribution >= 4 is 18.6 Å². The minimum absolute atomic E-state index is 0.114. The highest BCUT2D eigenvalue weighted by Crippen LogP contribution is 2.62. The van der Waals surface area contributed by atoms with E-state index in [9.17, 15) is 4.79 Å². The van der Waals surface area contributed by atoms with Gasteiger partial charge in [-0.2, -0.15) is 12.6 Å². The van der Waals surface area contributed by atoms with Crippen LogP contribution in [0.5, 0.6) is 0 Å². The predicted octanol–water partition coefficient (Wildman–Crippen LogP) is 5.67. The van der Waals surface area contributed by atoms with Crippen molar-refractivity contribution in [2.75, 3.05) is 12.4 Å². The third kappa shape index (κ3) is 3.55. The molecule has 2 saturated carbocycles. The van der Waals surface area contributed by atoms with Gasteiger partial charge in [0, 0.05) is 5.41 Å². The van der Waals surface area contributed by atoms with E-state index in [1.165, 1.54) is 44.9 Å². The zero-order chi connectivity index (χ0) is 18.2. The van der Waals surface area contributed by atoms with Gasteiger partial charge in [0.15, 0.2) is 0 Å². The van der Waals surface area contributed by atoms with Crippen molar-refractivity contribution < 1.29 is 9.53 Å². The molecule has 0 aromatic heterocycles. The summed E-state index contributed by atoms with van der Waals surface area (Å²) < 4.78 is 5.58. The Hall–Kier alpha value is -0.440. The second-order valence-corrected chi connectivity index (χ2v) is 10.1. The summed E-state index contributed by atoms with van der Waals surface area (Å²) in [5.74, 6) is 3.05. The molecule has 2 unspecified atom stereocenters. The number of carbonyl (C=O) groups is 1. The van der Waals surface area contributed by atoms with Crippen LogP contribution in [-0.2, 0) is 9.53 Å². The number of hydrogen-bond acceptors (Lipinski definition) is 3. The molecular formula is C22H36O2S. The van der Waals surface area contributed by atoms with Gasteiger partial charge in [-0.15, -0.1) is 0 Å². The molecule has 5 atom stereocenters. The van der Waals surface area contributed by atoms with E-state index in [1.54, 1.807) is 5.57 Å². The number of ether oxygens (including phenoxy) is 1. The van der Waals surface area contributed by atoms with Crippen LogP contribution in [0.3, 0.4) is 0 Å². The summed E-state index contributed by atoms with van der Waals surface area (Å²) in [6.45, 7) is 10.2. The van der Waals surface area contributed by atoms with Crippen molar-refractivity contribution in [1.29, 1.82) is 0 Å². The molecule has 0 amide bonds. The summed E-state index contributed by atoms with van der Waals surface area (Å²) in [7, 11) is 0. The van der Waals surface area contributed by atoms with E-state index in [1.807, 2.05) is 0 Å². The van der Waals surface area contributed by atoms with E-state index in [0.29, 0.717) is 17.9 Å². The van der Waals surface area contributed by atoms with Crippen LogP contribution in [0.2, 0.25) is 0 Å². The molecule has 2 fully saturated rings. The van der Waals surface area contributed by atoms with Crippen LogP contribution in [0.1, 0.15) is 72.6 Å². The molecule has 142 valence electrons. The number of esters is 1. The maximum absolute atomic E-state index is 11.7. The molecule has 0 aromatic carbocycles. The molecule has 3 heteroatoms. The minimum atomic E-state index is -0.179. The third-order valence-corrected chi connectivity index (χ3v) is 8.18. The zero-order valence-electron chi connectivity index (χ0n) is 16.5. The fourth-order valence-electron chi connectivity index (χ4n) is 6.38. The van der Waals surface area contributed by atoms with E-state index in [0.717, 1.165) is 17.8 Å². The molecule has 0 saturated heterocycles. The zero-order valence-corrected chi connectivity index (χ0v) is 17.4. The monoisotopic (exact) mass is 364 g/mol. The maximum Gasteiger partial charge on any atom is 0.315 e. The predicted molar refractivity (Wildman–Crippen MR) is 107 cm³/mol. The van der Waals surface area contributed by atoms with Gasteiger partial charge < -0.3 is 4.74 Å². The number of carbonyl (C=O) groups excluding carboxylic acids is 1. The van der Waals surface area contributed by atoms with Crippen LogP contribution in [0.15, 0.2) is 11.6 Å². The molecule has 3 rings (SSSR count). The highest BCUT2D eigenvalue weighted by Gasteiger charge is 2.55. The molecular weight excluding hydrogens is 328 g/mol. The topological polar surface area (TPSA) is 26.3 Å². The lowest BCUT2D eigenvalue weighted by atomic mass is 9.46. The summed E-state index contributed by atoms with van der Waals surface area (Å²) in [6, 6.07) is 0. The van der Waals surface area contributed by atoms with Crippen molar-refractivity contribution in [2.45, 2.75) is 72.6 Å². The number of hydrogen-bond donors (Lipinski definition) is 1. The third-order valence-electron chi connectivity index (χ3n) is 7.92. The first-order valence-electron chi connectivity index (χ1n) is 10.3. The normalized spacial score (nSPS) is 40.9. The first-order chi connectivity index (χ1) is 11.8. The average molecular weight is 365 g/mol. The van der Waals surface area contributed by atoms with E-state index in [-0.39, 0.29) is 17.1 Å². The SMILES string of the molecule is CC(C)C1CC[C@@H]2C(=CCC3[C@@](C)(COC(=O)CS)CCC[C@@]32C)C1. The Bertz CT molecular complexity index is 540. The van der Waals surface area contributed by atoms with Gasteiger partial charge in [-0.05, 0) is 67.6 Å². The van der Waals surface area contributed by atoms with Crippen LogP contribution >= 0.6 is 12.6 Å². The molecule has 0 radical (unpaired) electrons. The lowest BCUT2D eigenvalue weighted by Gasteiger charge is -2.59. The fraction of sp³-hybridized carbons (Fsp3) is 0.864. The second-order valence-electron chi connectivity index (χ2n) is 9.74. The van der Waals surface area contributed by atoms with Gasteiger partial charge in [0.05, 0.1) is 12.4 Å². The van der Waals surface area contributed by atoms with Crippen molar-refractivity contribution in [1.82, 2.24) is 0 Å².